The third kappa shape index (κ3) is 38.1. The van der Waals surface area contributed by atoms with Crippen LogP contribution in [0.5, 0.6) is 0 Å². The summed E-state index contributed by atoms with van der Waals surface area (Å²) in [4.78, 5) is 36.9. The summed E-state index contributed by atoms with van der Waals surface area (Å²) in [6, 6.07) is -0.735. The first-order valence-corrected chi connectivity index (χ1v) is 22.6. The predicted octanol–water partition coefficient (Wildman–Crippen LogP) is 11.2. The number of carboxylic acid groups (broad SMARTS) is 1. The molecule has 8 heteroatoms. The highest BCUT2D eigenvalue weighted by atomic mass is 16.6. The fourth-order valence-corrected chi connectivity index (χ4v) is 6.07. The normalized spacial score (nSPS) is 13.7. The van der Waals surface area contributed by atoms with Gasteiger partial charge < -0.3 is 28.6 Å². The van der Waals surface area contributed by atoms with Gasteiger partial charge in [-0.25, -0.2) is 0 Å². The van der Waals surface area contributed by atoms with E-state index >= 15 is 0 Å². The Balaban J connectivity index is 4.39. The van der Waals surface area contributed by atoms with Crippen LogP contribution in [0.3, 0.4) is 0 Å². The average molecular weight is 810 g/mol. The number of quaternary nitrogens is 1. The van der Waals surface area contributed by atoms with E-state index in [1.807, 2.05) is 0 Å². The van der Waals surface area contributed by atoms with Crippen molar-refractivity contribution in [3.63, 3.8) is 0 Å². The van der Waals surface area contributed by atoms with Gasteiger partial charge in [0.1, 0.15) is 12.6 Å². The van der Waals surface area contributed by atoms with Gasteiger partial charge in [0, 0.05) is 19.3 Å². The molecule has 0 aliphatic rings. The van der Waals surface area contributed by atoms with Crippen LogP contribution in [0.15, 0.2) is 85.1 Å². The van der Waals surface area contributed by atoms with Crippen LogP contribution in [0.2, 0.25) is 0 Å². The number of unbranched alkanes of at least 4 members (excludes halogenated alkanes) is 11. The highest BCUT2D eigenvalue weighted by Gasteiger charge is 2.25. The van der Waals surface area contributed by atoms with Crippen LogP contribution < -0.4 is 5.11 Å². The van der Waals surface area contributed by atoms with Gasteiger partial charge in [-0.05, 0) is 83.5 Å². The molecule has 0 aromatic rings. The number of allylic oxidation sites excluding steroid dienone is 14. The van der Waals surface area contributed by atoms with E-state index in [4.69, 9.17) is 14.2 Å². The molecule has 0 aliphatic heterocycles. The van der Waals surface area contributed by atoms with Gasteiger partial charge in [0.15, 0.2) is 6.10 Å². The SMILES string of the molecule is CC/C=C/C/C=C/C/C=C/C/C=C/C/C=C/CCCCCCC(=O)OCC(COCCC(C(=O)[O-])[N+](C)(C)C)OC(=O)CCCCCCCCC/C=C/C/C=C/CC. The lowest BCUT2D eigenvalue weighted by Gasteiger charge is -2.34. The number of rotatable bonds is 39. The van der Waals surface area contributed by atoms with Crippen molar-refractivity contribution in [2.75, 3.05) is 41.0 Å². The minimum atomic E-state index is -1.13. The quantitative estimate of drug-likeness (QED) is 0.0264. The number of hydrogen-bond donors (Lipinski definition) is 0. The molecule has 0 bridgehead atoms. The molecule has 0 rings (SSSR count). The zero-order valence-corrected chi connectivity index (χ0v) is 37.4. The molecular formula is C50H83NO7. The Labute approximate surface area is 354 Å². The Bertz CT molecular complexity index is 1220. The Hall–Kier alpha value is -3.49. The van der Waals surface area contributed by atoms with E-state index in [0.717, 1.165) is 109 Å². The minimum absolute atomic E-state index is 0.0242. The second kappa shape index (κ2) is 40.3. The van der Waals surface area contributed by atoms with Crippen molar-refractivity contribution in [3.8, 4) is 0 Å². The molecule has 0 aromatic heterocycles. The molecule has 0 fully saturated rings. The van der Waals surface area contributed by atoms with Crippen LogP contribution in [0.25, 0.3) is 0 Å². The number of likely N-dealkylation sites (N-methyl/N-ethyl adjacent to an activating group) is 1. The summed E-state index contributed by atoms with van der Waals surface area (Å²) >= 11 is 0. The lowest BCUT2D eigenvalue weighted by atomic mass is 10.1. The lowest BCUT2D eigenvalue weighted by molar-refractivity contribution is -0.889. The average Bonchev–Trinajstić information content (AvgIpc) is 3.18. The van der Waals surface area contributed by atoms with E-state index in [9.17, 15) is 19.5 Å². The summed E-state index contributed by atoms with van der Waals surface area (Å²) in [5.74, 6) is -1.79. The topological polar surface area (TPSA) is 102 Å². The maximum Gasteiger partial charge on any atom is 0.306 e. The van der Waals surface area contributed by atoms with Crippen molar-refractivity contribution in [3.05, 3.63) is 85.1 Å². The molecule has 0 saturated carbocycles. The summed E-state index contributed by atoms with van der Waals surface area (Å²) in [5, 5.41) is 11.6. The number of carbonyl (C=O) groups excluding carboxylic acids is 3. The summed E-state index contributed by atoms with van der Waals surface area (Å²) in [5.41, 5.74) is 0. The number of hydrogen-bond acceptors (Lipinski definition) is 7. The van der Waals surface area contributed by atoms with Crippen molar-refractivity contribution in [1.82, 2.24) is 0 Å². The Morgan fingerprint density at radius 3 is 1.34 bits per heavy atom. The zero-order chi connectivity index (χ0) is 42.8. The van der Waals surface area contributed by atoms with Crippen LogP contribution in [-0.4, -0.2) is 75.5 Å². The van der Waals surface area contributed by atoms with Crippen LogP contribution in [0.4, 0.5) is 0 Å². The summed E-state index contributed by atoms with van der Waals surface area (Å²) in [6.45, 7) is 4.39. The van der Waals surface area contributed by atoms with Crippen LogP contribution >= 0.6 is 0 Å². The molecule has 0 aromatic carbocycles. The number of ether oxygens (including phenoxy) is 3. The number of nitrogens with zero attached hydrogens (tertiary/aromatic N) is 1. The second-order valence-corrected chi connectivity index (χ2v) is 15.9. The van der Waals surface area contributed by atoms with Crippen molar-refractivity contribution in [2.24, 2.45) is 0 Å². The van der Waals surface area contributed by atoms with Crippen LogP contribution in [-0.2, 0) is 28.6 Å². The predicted molar refractivity (Wildman–Crippen MR) is 240 cm³/mol. The molecular weight excluding hydrogens is 727 g/mol. The molecule has 0 spiro atoms. The summed E-state index contributed by atoms with van der Waals surface area (Å²) in [6.07, 6.45) is 51.8. The first-order valence-electron chi connectivity index (χ1n) is 22.6. The van der Waals surface area contributed by atoms with E-state index in [2.05, 4.69) is 98.9 Å². The van der Waals surface area contributed by atoms with Crippen LogP contribution in [0, 0.1) is 0 Å². The Morgan fingerprint density at radius 1 is 0.517 bits per heavy atom. The first kappa shape index (κ1) is 54.5. The molecule has 0 amide bonds. The molecule has 2 unspecified atom stereocenters. The van der Waals surface area contributed by atoms with Gasteiger partial charge in [0.05, 0.1) is 40.3 Å². The molecule has 330 valence electrons. The van der Waals surface area contributed by atoms with E-state index in [1.54, 1.807) is 21.1 Å². The lowest BCUT2D eigenvalue weighted by Crippen LogP contribution is -2.55. The van der Waals surface area contributed by atoms with Gasteiger partial charge in [-0.3, -0.25) is 9.59 Å². The molecule has 2 atom stereocenters. The van der Waals surface area contributed by atoms with E-state index in [1.165, 1.54) is 19.3 Å². The van der Waals surface area contributed by atoms with E-state index < -0.39 is 18.1 Å². The number of aliphatic carboxylic acids is 1. The third-order valence-electron chi connectivity index (χ3n) is 9.53. The van der Waals surface area contributed by atoms with Gasteiger partial charge in [0.2, 0.25) is 0 Å². The van der Waals surface area contributed by atoms with Gasteiger partial charge in [-0.1, -0.05) is 144 Å². The fourth-order valence-electron chi connectivity index (χ4n) is 6.07. The smallest absolute Gasteiger partial charge is 0.306 e. The number of carboxylic acids is 1. The summed E-state index contributed by atoms with van der Waals surface area (Å²) in [7, 11) is 5.39. The van der Waals surface area contributed by atoms with Crippen LogP contribution in [0.1, 0.15) is 162 Å². The highest BCUT2D eigenvalue weighted by molar-refractivity contribution is 5.70. The Morgan fingerprint density at radius 2 is 0.914 bits per heavy atom. The number of carbonyl (C=O) groups is 3. The number of esters is 2. The standard InChI is InChI=1S/C50H83NO7/c1-6-8-10-12-14-16-18-20-22-23-24-25-26-27-29-30-32-34-36-38-40-48(52)57-45-46(44-56-43-42-47(50(54)55)51(3,4)5)58-49(53)41-39-37-35-33-31-28-21-19-17-15-13-11-9-7-2/h8-11,14-17,20,22,24-25,27,29,46-47H,6-7,12-13,18-19,21,23,26,28,30-45H2,1-5H3/b10-8+,11-9+,16-14+,17-15+,22-20+,25-24+,29-27+. The minimum Gasteiger partial charge on any atom is -0.544 e. The van der Waals surface area contributed by atoms with E-state index in [0.29, 0.717) is 12.8 Å². The van der Waals surface area contributed by atoms with Crippen molar-refractivity contribution >= 4 is 17.9 Å². The molecule has 8 nitrogen and oxygen atoms in total. The van der Waals surface area contributed by atoms with Gasteiger partial charge in [-0.15, -0.1) is 0 Å². The fraction of sp³-hybridized carbons (Fsp3) is 0.660. The van der Waals surface area contributed by atoms with Gasteiger partial charge in [0.25, 0.3) is 0 Å². The molecule has 0 aliphatic carbocycles. The van der Waals surface area contributed by atoms with E-state index in [-0.39, 0.29) is 42.7 Å². The van der Waals surface area contributed by atoms with Crippen molar-refractivity contribution in [1.29, 1.82) is 0 Å². The summed E-state index contributed by atoms with van der Waals surface area (Å²) < 4.78 is 17.1. The van der Waals surface area contributed by atoms with Gasteiger partial charge >= 0.3 is 11.9 Å². The third-order valence-corrected chi connectivity index (χ3v) is 9.53. The second-order valence-electron chi connectivity index (χ2n) is 15.9. The molecule has 0 N–H and O–H groups in total. The van der Waals surface area contributed by atoms with Crippen molar-refractivity contribution in [2.45, 2.75) is 174 Å². The van der Waals surface area contributed by atoms with Gasteiger partial charge in [-0.2, -0.15) is 0 Å². The molecule has 0 heterocycles. The molecule has 0 radical (unpaired) electrons. The molecule has 58 heavy (non-hydrogen) atoms. The maximum absolute atomic E-state index is 12.7. The maximum atomic E-state index is 12.7. The Kier molecular flexibility index (Phi) is 37.9. The highest BCUT2D eigenvalue weighted by Crippen LogP contribution is 2.13. The molecule has 0 saturated heterocycles. The monoisotopic (exact) mass is 810 g/mol. The zero-order valence-electron chi connectivity index (χ0n) is 37.4. The first-order chi connectivity index (χ1) is 28.1. The van der Waals surface area contributed by atoms with Crippen molar-refractivity contribution < 1.29 is 38.2 Å². The largest absolute Gasteiger partial charge is 0.544 e.